The average Bonchev–Trinajstić information content (AvgIpc) is 2.82. The Morgan fingerprint density at radius 2 is 1.95 bits per heavy atom. The topological polar surface area (TPSA) is 91.6 Å². The second kappa shape index (κ2) is 6.13. The summed E-state index contributed by atoms with van der Waals surface area (Å²) in [7, 11) is 0. The first-order valence-corrected chi connectivity index (χ1v) is 6.40. The SMILES string of the molecule is Cc1ccc(CNC(=O)Nc2ccc(C(=O)O)c(C)c2)o1. The number of amides is 2. The summed E-state index contributed by atoms with van der Waals surface area (Å²) < 4.78 is 5.34. The second-order valence-corrected chi connectivity index (χ2v) is 4.65. The molecular formula is C15H16N2O4. The van der Waals surface area contributed by atoms with Crippen molar-refractivity contribution in [3.8, 4) is 0 Å². The average molecular weight is 288 g/mol. The Balaban J connectivity index is 1.93. The van der Waals surface area contributed by atoms with E-state index in [1.54, 1.807) is 25.1 Å². The Bertz CT molecular complexity index is 676. The summed E-state index contributed by atoms with van der Waals surface area (Å²) in [6.45, 7) is 3.79. The third-order valence-electron chi connectivity index (χ3n) is 2.93. The molecule has 1 aromatic heterocycles. The van der Waals surface area contributed by atoms with Crippen LogP contribution >= 0.6 is 0 Å². The minimum absolute atomic E-state index is 0.215. The zero-order valence-corrected chi connectivity index (χ0v) is 11.8. The van der Waals surface area contributed by atoms with Gasteiger partial charge in [0.15, 0.2) is 0 Å². The first-order valence-electron chi connectivity index (χ1n) is 6.40. The highest BCUT2D eigenvalue weighted by Crippen LogP contribution is 2.15. The summed E-state index contributed by atoms with van der Waals surface area (Å²) in [6.07, 6.45) is 0. The van der Waals surface area contributed by atoms with Gasteiger partial charge >= 0.3 is 12.0 Å². The molecule has 3 N–H and O–H groups in total. The molecule has 0 radical (unpaired) electrons. The van der Waals surface area contributed by atoms with Crippen molar-refractivity contribution >= 4 is 17.7 Å². The van der Waals surface area contributed by atoms with E-state index in [0.29, 0.717) is 17.0 Å². The first kappa shape index (κ1) is 14.6. The van der Waals surface area contributed by atoms with Crippen LogP contribution in [0.5, 0.6) is 0 Å². The molecule has 1 aromatic carbocycles. The van der Waals surface area contributed by atoms with E-state index in [4.69, 9.17) is 9.52 Å². The van der Waals surface area contributed by atoms with E-state index < -0.39 is 5.97 Å². The minimum Gasteiger partial charge on any atom is -0.478 e. The highest BCUT2D eigenvalue weighted by atomic mass is 16.4. The zero-order chi connectivity index (χ0) is 15.4. The predicted octanol–water partition coefficient (Wildman–Crippen LogP) is 2.92. The maximum absolute atomic E-state index is 11.7. The Hall–Kier alpha value is -2.76. The molecule has 0 aliphatic rings. The Morgan fingerprint density at radius 3 is 2.52 bits per heavy atom. The highest BCUT2D eigenvalue weighted by Gasteiger charge is 2.09. The summed E-state index contributed by atoms with van der Waals surface area (Å²) in [6, 6.07) is 7.85. The molecule has 0 aliphatic carbocycles. The molecule has 0 unspecified atom stereocenters. The molecule has 21 heavy (non-hydrogen) atoms. The lowest BCUT2D eigenvalue weighted by Crippen LogP contribution is -2.28. The molecule has 6 heteroatoms. The fourth-order valence-electron chi connectivity index (χ4n) is 1.90. The van der Waals surface area contributed by atoms with Crippen molar-refractivity contribution in [2.75, 3.05) is 5.32 Å². The van der Waals surface area contributed by atoms with E-state index in [2.05, 4.69) is 10.6 Å². The van der Waals surface area contributed by atoms with Crippen LogP contribution in [0.15, 0.2) is 34.7 Å². The van der Waals surface area contributed by atoms with Gasteiger partial charge in [0.1, 0.15) is 11.5 Å². The third kappa shape index (κ3) is 3.85. The van der Waals surface area contributed by atoms with Crippen LogP contribution in [0.25, 0.3) is 0 Å². The van der Waals surface area contributed by atoms with Crippen molar-refractivity contribution in [3.63, 3.8) is 0 Å². The minimum atomic E-state index is -0.989. The van der Waals surface area contributed by atoms with Gasteiger partial charge in [0, 0.05) is 5.69 Å². The number of hydrogen-bond donors (Lipinski definition) is 3. The Kier molecular flexibility index (Phi) is 4.27. The zero-order valence-electron chi connectivity index (χ0n) is 11.8. The van der Waals surface area contributed by atoms with Crippen molar-refractivity contribution in [2.45, 2.75) is 20.4 Å². The number of carboxylic acids is 1. The summed E-state index contributed by atoms with van der Waals surface area (Å²) in [5.41, 5.74) is 1.33. The second-order valence-electron chi connectivity index (χ2n) is 4.65. The van der Waals surface area contributed by atoms with Gasteiger partial charge in [-0.15, -0.1) is 0 Å². The quantitative estimate of drug-likeness (QED) is 0.806. The van der Waals surface area contributed by atoms with Crippen LogP contribution in [0, 0.1) is 13.8 Å². The molecule has 0 aliphatic heterocycles. The van der Waals surface area contributed by atoms with E-state index in [0.717, 1.165) is 5.76 Å². The maximum Gasteiger partial charge on any atom is 0.335 e. The van der Waals surface area contributed by atoms with Crippen molar-refractivity contribution in [3.05, 3.63) is 53.0 Å². The van der Waals surface area contributed by atoms with Crippen LogP contribution in [-0.2, 0) is 6.54 Å². The lowest BCUT2D eigenvalue weighted by atomic mass is 10.1. The number of anilines is 1. The number of nitrogens with one attached hydrogen (secondary N) is 2. The van der Waals surface area contributed by atoms with Gasteiger partial charge < -0.3 is 20.2 Å². The number of carbonyl (C=O) groups excluding carboxylic acids is 1. The summed E-state index contributed by atoms with van der Waals surface area (Å²) in [5.74, 6) is 0.462. The normalized spacial score (nSPS) is 10.2. The molecule has 1 heterocycles. The lowest BCUT2D eigenvalue weighted by molar-refractivity contribution is 0.0696. The number of aromatic carboxylic acids is 1. The largest absolute Gasteiger partial charge is 0.478 e. The van der Waals surface area contributed by atoms with Crippen LogP contribution < -0.4 is 10.6 Å². The standard InChI is InChI=1S/C15H16N2O4/c1-9-7-11(4-6-13(9)14(18)19)17-15(20)16-8-12-5-3-10(2)21-12/h3-7H,8H2,1-2H3,(H,18,19)(H2,16,17,20). The fraction of sp³-hybridized carbons (Fsp3) is 0.200. The molecule has 6 nitrogen and oxygen atoms in total. The maximum atomic E-state index is 11.7. The summed E-state index contributed by atoms with van der Waals surface area (Å²) in [5, 5.41) is 14.2. The van der Waals surface area contributed by atoms with Gasteiger partial charge in [-0.1, -0.05) is 0 Å². The molecule has 0 saturated carbocycles. The van der Waals surface area contributed by atoms with Gasteiger partial charge in [-0.3, -0.25) is 0 Å². The molecule has 0 bridgehead atoms. The van der Waals surface area contributed by atoms with Gasteiger partial charge in [0.05, 0.1) is 12.1 Å². The molecule has 0 saturated heterocycles. The molecular weight excluding hydrogens is 272 g/mol. The third-order valence-corrected chi connectivity index (χ3v) is 2.93. The number of furan rings is 1. The van der Waals surface area contributed by atoms with E-state index in [1.807, 2.05) is 13.0 Å². The molecule has 2 aromatic rings. The smallest absolute Gasteiger partial charge is 0.335 e. The molecule has 0 spiro atoms. The molecule has 2 rings (SSSR count). The van der Waals surface area contributed by atoms with Gasteiger partial charge in [0.2, 0.25) is 0 Å². The number of carbonyl (C=O) groups is 2. The van der Waals surface area contributed by atoms with Gasteiger partial charge in [-0.2, -0.15) is 0 Å². The highest BCUT2D eigenvalue weighted by molar-refractivity contribution is 5.92. The summed E-state index contributed by atoms with van der Waals surface area (Å²) in [4.78, 5) is 22.6. The van der Waals surface area contributed by atoms with Gasteiger partial charge in [0.25, 0.3) is 0 Å². The van der Waals surface area contributed by atoms with Crippen LogP contribution in [0.3, 0.4) is 0 Å². The predicted molar refractivity (Wildman–Crippen MR) is 77.4 cm³/mol. The first-order chi connectivity index (χ1) is 9.95. The molecule has 0 fully saturated rings. The van der Waals surface area contributed by atoms with E-state index in [9.17, 15) is 9.59 Å². The molecule has 0 atom stereocenters. The lowest BCUT2D eigenvalue weighted by Gasteiger charge is -2.08. The Morgan fingerprint density at radius 1 is 1.19 bits per heavy atom. The van der Waals surface area contributed by atoms with E-state index in [1.165, 1.54) is 6.07 Å². The van der Waals surface area contributed by atoms with Crippen molar-refractivity contribution in [1.82, 2.24) is 5.32 Å². The van der Waals surface area contributed by atoms with Crippen LogP contribution in [-0.4, -0.2) is 17.1 Å². The van der Waals surface area contributed by atoms with Crippen molar-refractivity contribution < 1.29 is 19.1 Å². The number of rotatable bonds is 4. The fourth-order valence-corrected chi connectivity index (χ4v) is 1.90. The summed E-state index contributed by atoms with van der Waals surface area (Å²) >= 11 is 0. The van der Waals surface area contributed by atoms with Crippen molar-refractivity contribution in [2.24, 2.45) is 0 Å². The molecule has 110 valence electrons. The van der Waals surface area contributed by atoms with E-state index in [-0.39, 0.29) is 18.1 Å². The van der Waals surface area contributed by atoms with Crippen LogP contribution in [0.2, 0.25) is 0 Å². The number of urea groups is 1. The monoisotopic (exact) mass is 288 g/mol. The number of carboxylic acid groups (broad SMARTS) is 1. The van der Waals surface area contributed by atoms with Crippen LogP contribution in [0.1, 0.15) is 27.4 Å². The van der Waals surface area contributed by atoms with E-state index >= 15 is 0 Å². The molecule has 2 amide bonds. The van der Waals surface area contributed by atoms with Gasteiger partial charge in [-0.25, -0.2) is 9.59 Å². The number of benzene rings is 1. The number of aryl methyl sites for hydroxylation is 2. The van der Waals surface area contributed by atoms with Crippen molar-refractivity contribution in [1.29, 1.82) is 0 Å². The Labute approximate surface area is 121 Å². The van der Waals surface area contributed by atoms with Gasteiger partial charge in [-0.05, 0) is 49.7 Å². The van der Waals surface area contributed by atoms with Crippen LogP contribution in [0.4, 0.5) is 10.5 Å². The number of hydrogen-bond acceptors (Lipinski definition) is 3.